The lowest BCUT2D eigenvalue weighted by Crippen LogP contribution is -2.44. The Morgan fingerprint density at radius 3 is 2.80 bits per heavy atom. The van der Waals surface area contributed by atoms with Gasteiger partial charge >= 0.3 is 0 Å². The van der Waals surface area contributed by atoms with Crippen molar-refractivity contribution in [3.05, 3.63) is 34.7 Å². The van der Waals surface area contributed by atoms with E-state index in [1.54, 1.807) is 11.3 Å². The van der Waals surface area contributed by atoms with Crippen LogP contribution >= 0.6 is 11.3 Å². The van der Waals surface area contributed by atoms with Gasteiger partial charge < -0.3 is 15.5 Å². The number of hydrogen-bond donors (Lipinski definition) is 1. The van der Waals surface area contributed by atoms with Gasteiger partial charge in [0.1, 0.15) is 0 Å². The number of anilines is 1. The number of pyridine rings is 1. The average Bonchev–Trinajstić information content (AvgIpc) is 2.96. The third-order valence-electron chi connectivity index (χ3n) is 3.82. The molecule has 20 heavy (non-hydrogen) atoms. The number of thiophene rings is 1. The molecule has 0 saturated carbocycles. The van der Waals surface area contributed by atoms with Gasteiger partial charge in [0.15, 0.2) is 0 Å². The van der Waals surface area contributed by atoms with E-state index in [1.807, 2.05) is 6.20 Å². The Morgan fingerprint density at radius 2 is 2.05 bits per heavy atom. The van der Waals surface area contributed by atoms with Crippen LogP contribution in [-0.4, -0.2) is 43.1 Å². The zero-order valence-corrected chi connectivity index (χ0v) is 12.6. The molecule has 4 nitrogen and oxygen atoms in total. The molecule has 0 spiro atoms. The van der Waals surface area contributed by atoms with E-state index in [9.17, 15) is 0 Å². The molecule has 0 aliphatic carbocycles. The second-order valence-corrected chi connectivity index (χ2v) is 6.15. The predicted molar refractivity (Wildman–Crippen MR) is 85.2 cm³/mol. The van der Waals surface area contributed by atoms with Crippen LogP contribution in [0, 0.1) is 0 Å². The molecule has 0 unspecified atom stereocenters. The van der Waals surface area contributed by atoms with Crippen molar-refractivity contribution in [3.63, 3.8) is 0 Å². The highest BCUT2D eigenvalue weighted by Crippen LogP contribution is 2.29. The van der Waals surface area contributed by atoms with E-state index in [0.29, 0.717) is 6.54 Å². The van der Waals surface area contributed by atoms with Crippen LogP contribution in [0.4, 0.5) is 5.69 Å². The Hall–Kier alpha value is -1.43. The van der Waals surface area contributed by atoms with Crippen molar-refractivity contribution in [3.8, 4) is 11.3 Å². The molecule has 2 N–H and O–H groups in total. The van der Waals surface area contributed by atoms with Gasteiger partial charge in [-0.1, -0.05) is 0 Å². The number of likely N-dealkylation sites (N-methyl/N-ethyl adjacent to an activating group) is 1. The van der Waals surface area contributed by atoms with Crippen LogP contribution in [0.1, 0.15) is 4.88 Å². The molecular weight excluding hydrogens is 268 g/mol. The van der Waals surface area contributed by atoms with Crippen LogP contribution in [0.5, 0.6) is 0 Å². The van der Waals surface area contributed by atoms with Crippen LogP contribution in [0.2, 0.25) is 0 Å². The Morgan fingerprint density at radius 1 is 1.25 bits per heavy atom. The smallest absolute Gasteiger partial charge is 0.0734 e. The van der Waals surface area contributed by atoms with E-state index in [0.717, 1.165) is 31.9 Å². The second-order valence-electron chi connectivity index (χ2n) is 5.15. The zero-order valence-electron chi connectivity index (χ0n) is 11.7. The lowest BCUT2D eigenvalue weighted by atomic mass is 10.1. The summed E-state index contributed by atoms with van der Waals surface area (Å²) in [4.78, 5) is 10.5. The first kappa shape index (κ1) is 13.5. The molecule has 2 aromatic rings. The fourth-order valence-corrected chi connectivity index (χ4v) is 3.32. The maximum atomic E-state index is 5.80. The summed E-state index contributed by atoms with van der Waals surface area (Å²) in [7, 11) is 2.17. The summed E-state index contributed by atoms with van der Waals surface area (Å²) < 4.78 is 0. The maximum Gasteiger partial charge on any atom is 0.0734 e. The molecule has 0 bridgehead atoms. The molecule has 106 valence electrons. The Kier molecular flexibility index (Phi) is 4.00. The molecule has 1 aliphatic heterocycles. The molecule has 2 aromatic heterocycles. The summed E-state index contributed by atoms with van der Waals surface area (Å²) in [6, 6.07) is 6.40. The molecule has 3 rings (SSSR count). The van der Waals surface area contributed by atoms with Crippen molar-refractivity contribution in [2.45, 2.75) is 6.54 Å². The van der Waals surface area contributed by atoms with Gasteiger partial charge in [-0.25, -0.2) is 0 Å². The van der Waals surface area contributed by atoms with Gasteiger partial charge in [-0.05, 0) is 30.6 Å². The SMILES string of the molecule is CN1CCN(c2ccnc(-c3ccsc3CN)c2)CC1. The molecule has 5 heteroatoms. The number of piperazine rings is 1. The van der Waals surface area contributed by atoms with E-state index in [1.165, 1.54) is 16.1 Å². The predicted octanol–water partition coefficient (Wildman–Crippen LogP) is 2.02. The minimum atomic E-state index is 0.577. The largest absolute Gasteiger partial charge is 0.369 e. The highest BCUT2D eigenvalue weighted by Gasteiger charge is 2.15. The molecule has 0 aromatic carbocycles. The van der Waals surface area contributed by atoms with Gasteiger partial charge in [0, 0.05) is 55.0 Å². The summed E-state index contributed by atoms with van der Waals surface area (Å²) in [6.45, 7) is 4.96. The maximum absolute atomic E-state index is 5.80. The van der Waals surface area contributed by atoms with E-state index >= 15 is 0 Å². The fraction of sp³-hybridized carbons (Fsp3) is 0.400. The molecule has 1 saturated heterocycles. The highest BCUT2D eigenvalue weighted by atomic mass is 32.1. The first-order valence-corrected chi connectivity index (χ1v) is 7.82. The van der Waals surface area contributed by atoms with Gasteiger partial charge in [-0.15, -0.1) is 11.3 Å². The summed E-state index contributed by atoms with van der Waals surface area (Å²) in [5, 5.41) is 2.09. The molecule has 0 radical (unpaired) electrons. The zero-order chi connectivity index (χ0) is 13.9. The minimum Gasteiger partial charge on any atom is -0.369 e. The quantitative estimate of drug-likeness (QED) is 0.938. The number of aromatic nitrogens is 1. The lowest BCUT2D eigenvalue weighted by molar-refractivity contribution is 0.313. The molecule has 1 fully saturated rings. The van der Waals surface area contributed by atoms with Gasteiger partial charge in [0.25, 0.3) is 0 Å². The number of hydrogen-bond acceptors (Lipinski definition) is 5. The van der Waals surface area contributed by atoms with Crippen LogP contribution in [0.3, 0.4) is 0 Å². The van der Waals surface area contributed by atoms with Crippen LogP contribution in [-0.2, 0) is 6.54 Å². The average molecular weight is 288 g/mol. The van der Waals surface area contributed by atoms with Gasteiger partial charge in [0.2, 0.25) is 0 Å². The summed E-state index contributed by atoms with van der Waals surface area (Å²) >= 11 is 1.70. The molecule has 3 heterocycles. The third kappa shape index (κ3) is 2.70. The number of rotatable bonds is 3. The number of nitrogens with two attached hydrogens (primary N) is 1. The van der Waals surface area contributed by atoms with Crippen molar-refractivity contribution >= 4 is 17.0 Å². The monoisotopic (exact) mass is 288 g/mol. The number of nitrogens with zero attached hydrogens (tertiary/aromatic N) is 3. The summed E-state index contributed by atoms with van der Waals surface area (Å²) in [5.74, 6) is 0. The van der Waals surface area contributed by atoms with Crippen molar-refractivity contribution in [2.24, 2.45) is 5.73 Å². The van der Waals surface area contributed by atoms with E-state index in [2.05, 4.69) is 45.4 Å². The Bertz CT molecular complexity index is 573. The fourth-order valence-electron chi connectivity index (χ4n) is 2.55. The van der Waals surface area contributed by atoms with Crippen LogP contribution in [0.15, 0.2) is 29.8 Å². The van der Waals surface area contributed by atoms with E-state index in [4.69, 9.17) is 5.73 Å². The summed E-state index contributed by atoms with van der Waals surface area (Å²) in [6.07, 6.45) is 1.90. The third-order valence-corrected chi connectivity index (χ3v) is 4.76. The standard InChI is InChI=1S/C15H20N4S/c1-18-5-7-19(8-6-18)12-2-4-17-14(10-12)13-3-9-20-15(13)11-16/h2-4,9-10H,5-8,11,16H2,1H3. The first-order chi connectivity index (χ1) is 9.78. The van der Waals surface area contributed by atoms with Crippen molar-refractivity contribution < 1.29 is 0 Å². The van der Waals surface area contributed by atoms with E-state index in [-0.39, 0.29) is 0 Å². The molecule has 1 aliphatic rings. The topological polar surface area (TPSA) is 45.4 Å². The normalized spacial score (nSPS) is 16.6. The molecular formula is C15H20N4S. The van der Waals surface area contributed by atoms with Crippen molar-refractivity contribution in [2.75, 3.05) is 38.1 Å². The van der Waals surface area contributed by atoms with Crippen molar-refractivity contribution in [1.82, 2.24) is 9.88 Å². The van der Waals surface area contributed by atoms with Crippen molar-refractivity contribution in [1.29, 1.82) is 0 Å². The van der Waals surface area contributed by atoms with Crippen LogP contribution < -0.4 is 10.6 Å². The molecule has 0 atom stereocenters. The van der Waals surface area contributed by atoms with Crippen LogP contribution in [0.25, 0.3) is 11.3 Å². The van der Waals surface area contributed by atoms with E-state index < -0.39 is 0 Å². The summed E-state index contributed by atoms with van der Waals surface area (Å²) in [5.41, 5.74) is 9.26. The Labute approximate surface area is 123 Å². The molecule has 0 amide bonds. The lowest BCUT2D eigenvalue weighted by Gasteiger charge is -2.34. The minimum absolute atomic E-state index is 0.577. The first-order valence-electron chi connectivity index (χ1n) is 6.94. The Balaban J connectivity index is 1.86. The van der Waals surface area contributed by atoms with Gasteiger partial charge in [-0.3, -0.25) is 4.98 Å². The second kappa shape index (κ2) is 5.91. The van der Waals surface area contributed by atoms with Gasteiger partial charge in [0.05, 0.1) is 5.69 Å². The van der Waals surface area contributed by atoms with Gasteiger partial charge in [-0.2, -0.15) is 0 Å². The highest BCUT2D eigenvalue weighted by molar-refractivity contribution is 7.10.